The van der Waals surface area contributed by atoms with Crippen molar-refractivity contribution in [1.82, 2.24) is 9.55 Å². The Balaban J connectivity index is 2.02. The molecule has 5 nitrogen and oxygen atoms in total. The molecular formula is C12H16N2O3S. The van der Waals surface area contributed by atoms with Crippen LogP contribution in [0.15, 0.2) is 17.1 Å². The lowest BCUT2D eigenvalue weighted by molar-refractivity contribution is -0.142. The van der Waals surface area contributed by atoms with Gasteiger partial charge in [0.2, 0.25) is 0 Å². The summed E-state index contributed by atoms with van der Waals surface area (Å²) in [6.45, 7) is 1.90. The molecule has 1 aromatic heterocycles. The Bertz CT molecular complexity index is 549. The first-order valence-corrected chi connectivity index (χ1v) is 6.42. The van der Waals surface area contributed by atoms with Gasteiger partial charge in [-0.2, -0.15) is 0 Å². The Morgan fingerprint density at radius 2 is 2.39 bits per heavy atom. The monoisotopic (exact) mass is 268 g/mol. The summed E-state index contributed by atoms with van der Waals surface area (Å²) in [4.78, 5) is 24.5. The van der Waals surface area contributed by atoms with Gasteiger partial charge in [-0.05, 0) is 37.4 Å². The van der Waals surface area contributed by atoms with Crippen molar-refractivity contribution in [2.75, 3.05) is 6.61 Å². The van der Waals surface area contributed by atoms with Crippen molar-refractivity contribution in [2.45, 2.75) is 32.2 Å². The third kappa shape index (κ3) is 3.07. The van der Waals surface area contributed by atoms with Crippen molar-refractivity contribution < 1.29 is 9.53 Å². The zero-order valence-corrected chi connectivity index (χ0v) is 11.0. The number of esters is 1. The Hall–Kier alpha value is -1.43. The van der Waals surface area contributed by atoms with Crippen molar-refractivity contribution in [3.8, 4) is 0 Å². The van der Waals surface area contributed by atoms with Crippen LogP contribution in [0.3, 0.4) is 0 Å². The average molecular weight is 268 g/mol. The average Bonchev–Trinajstić information content (AvgIpc) is 2.75. The van der Waals surface area contributed by atoms with Crippen molar-refractivity contribution in [3.63, 3.8) is 0 Å². The summed E-state index contributed by atoms with van der Waals surface area (Å²) in [5.74, 6) is 0.145. The van der Waals surface area contributed by atoms with Crippen molar-refractivity contribution >= 4 is 18.2 Å². The van der Waals surface area contributed by atoms with Gasteiger partial charge in [0.25, 0.3) is 5.56 Å². The summed E-state index contributed by atoms with van der Waals surface area (Å²) in [6.07, 6.45) is 4.67. The van der Waals surface area contributed by atoms with E-state index in [-0.39, 0.29) is 17.6 Å². The van der Waals surface area contributed by atoms with Crippen LogP contribution in [0, 0.1) is 10.7 Å². The van der Waals surface area contributed by atoms with Gasteiger partial charge in [0.15, 0.2) is 4.77 Å². The molecule has 0 aromatic carbocycles. The van der Waals surface area contributed by atoms with Gasteiger partial charge in [0.1, 0.15) is 0 Å². The quantitative estimate of drug-likeness (QED) is 0.671. The van der Waals surface area contributed by atoms with Crippen LogP contribution in [0.1, 0.15) is 32.2 Å². The first kappa shape index (κ1) is 13.0. The molecule has 1 N–H and O–H groups in total. The zero-order chi connectivity index (χ0) is 13.1. The van der Waals surface area contributed by atoms with E-state index >= 15 is 0 Å². The molecule has 18 heavy (non-hydrogen) atoms. The van der Waals surface area contributed by atoms with E-state index in [1.54, 1.807) is 6.20 Å². The van der Waals surface area contributed by atoms with E-state index in [0.29, 0.717) is 17.3 Å². The summed E-state index contributed by atoms with van der Waals surface area (Å²) in [5, 5.41) is 0. The maximum Gasteiger partial charge on any atom is 0.302 e. The summed E-state index contributed by atoms with van der Waals surface area (Å²) < 4.78 is 7.41. The van der Waals surface area contributed by atoms with Gasteiger partial charge in [0, 0.05) is 25.2 Å². The summed E-state index contributed by atoms with van der Waals surface area (Å²) in [7, 11) is 0. The first-order valence-electron chi connectivity index (χ1n) is 6.01. The number of carbonyl (C=O) groups excluding carboxylic acids is 1. The molecule has 1 aliphatic carbocycles. The Morgan fingerprint density at radius 3 is 3.06 bits per heavy atom. The molecule has 0 spiro atoms. The van der Waals surface area contributed by atoms with Crippen LogP contribution in [0.5, 0.6) is 0 Å². The second-order valence-corrected chi connectivity index (χ2v) is 5.04. The number of ether oxygens (including phenoxy) is 1. The molecule has 1 fully saturated rings. The standard InChI is InChI=1S/C12H16N2O3S/c1-8(15)17-7-9-2-3-10(6-9)14-5-4-11(16)13-12(14)18/h4-5,9-10H,2-3,6-7H2,1H3,(H,13,16,18)/t9-,10+/m1/s1. The zero-order valence-electron chi connectivity index (χ0n) is 10.2. The third-order valence-electron chi connectivity index (χ3n) is 3.28. The van der Waals surface area contributed by atoms with Gasteiger partial charge in [-0.25, -0.2) is 0 Å². The SMILES string of the molecule is CC(=O)OC[C@@H]1CC[C@H](n2ccc(=O)[nH]c2=S)C1. The lowest BCUT2D eigenvalue weighted by Gasteiger charge is -2.14. The highest BCUT2D eigenvalue weighted by Gasteiger charge is 2.26. The fourth-order valence-electron chi connectivity index (χ4n) is 2.40. The smallest absolute Gasteiger partial charge is 0.302 e. The number of carbonyl (C=O) groups is 1. The van der Waals surface area contributed by atoms with E-state index in [0.717, 1.165) is 19.3 Å². The highest BCUT2D eigenvalue weighted by atomic mass is 32.1. The van der Waals surface area contributed by atoms with E-state index < -0.39 is 0 Å². The fraction of sp³-hybridized carbons (Fsp3) is 0.583. The van der Waals surface area contributed by atoms with Gasteiger partial charge >= 0.3 is 5.97 Å². The van der Waals surface area contributed by atoms with Crippen molar-refractivity contribution in [3.05, 3.63) is 27.4 Å². The normalized spacial score (nSPS) is 22.9. The summed E-state index contributed by atoms with van der Waals surface area (Å²) >= 11 is 5.14. The van der Waals surface area contributed by atoms with Crippen LogP contribution in [0.4, 0.5) is 0 Å². The minimum absolute atomic E-state index is 0.175. The molecule has 1 aromatic rings. The third-order valence-corrected chi connectivity index (χ3v) is 3.59. The maximum atomic E-state index is 11.1. The van der Waals surface area contributed by atoms with Gasteiger partial charge in [-0.3, -0.25) is 14.6 Å². The fourth-order valence-corrected chi connectivity index (χ4v) is 2.71. The number of nitrogens with one attached hydrogen (secondary N) is 1. The number of rotatable bonds is 3. The van der Waals surface area contributed by atoms with Crippen LogP contribution >= 0.6 is 12.2 Å². The predicted octanol–water partition coefficient (Wildman–Crippen LogP) is 1.81. The second kappa shape index (κ2) is 5.48. The number of aromatic nitrogens is 2. The number of hydrogen-bond donors (Lipinski definition) is 1. The molecule has 0 bridgehead atoms. The van der Waals surface area contributed by atoms with Gasteiger partial charge in [0.05, 0.1) is 6.61 Å². The molecule has 2 atom stereocenters. The Labute approximate surface area is 110 Å². The van der Waals surface area contributed by atoms with Crippen LogP contribution in [-0.4, -0.2) is 22.1 Å². The molecule has 98 valence electrons. The van der Waals surface area contributed by atoms with Crippen molar-refractivity contribution in [2.24, 2.45) is 5.92 Å². The lowest BCUT2D eigenvalue weighted by Crippen LogP contribution is -2.15. The molecule has 1 aliphatic rings. The van der Waals surface area contributed by atoms with Gasteiger partial charge in [-0.1, -0.05) is 0 Å². The molecule has 2 rings (SSSR count). The molecule has 0 radical (unpaired) electrons. The number of nitrogens with zero attached hydrogens (tertiary/aromatic N) is 1. The summed E-state index contributed by atoms with van der Waals surface area (Å²) in [5.41, 5.74) is -0.175. The topological polar surface area (TPSA) is 64.1 Å². The Kier molecular flexibility index (Phi) is 3.96. The molecule has 0 saturated heterocycles. The van der Waals surface area contributed by atoms with Crippen LogP contribution in [0.2, 0.25) is 0 Å². The van der Waals surface area contributed by atoms with E-state index in [1.165, 1.54) is 13.0 Å². The number of H-pyrrole nitrogens is 1. The molecule has 1 saturated carbocycles. The summed E-state index contributed by atoms with van der Waals surface area (Å²) in [6, 6.07) is 1.77. The molecule has 0 aliphatic heterocycles. The minimum atomic E-state index is -0.237. The van der Waals surface area contributed by atoms with E-state index in [9.17, 15) is 9.59 Å². The Morgan fingerprint density at radius 1 is 1.61 bits per heavy atom. The molecule has 0 amide bonds. The minimum Gasteiger partial charge on any atom is -0.466 e. The van der Waals surface area contributed by atoms with E-state index in [4.69, 9.17) is 17.0 Å². The highest BCUT2D eigenvalue weighted by Crippen LogP contribution is 2.34. The second-order valence-electron chi connectivity index (χ2n) is 4.65. The van der Waals surface area contributed by atoms with Gasteiger partial charge in [-0.15, -0.1) is 0 Å². The highest BCUT2D eigenvalue weighted by molar-refractivity contribution is 7.71. The lowest BCUT2D eigenvalue weighted by atomic mass is 10.1. The van der Waals surface area contributed by atoms with Crippen LogP contribution in [0.25, 0.3) is 0 Å². The molecular weight excluding hydrogens is 252 g/mol. The number of aromatic amines is 1. The number of hydrogen-bond acceptors (Lipinski definition) is 4. The molecule has 0 unspecified atom stereocenters. The van der Waals surface area contributed by atoms with Crippen molar-refractivity contribution in [1.29, 1.82) is 0 Å². The van der Waals surface area contributed by atoms with Crippen LogP contribution < -0.4 is 5.56 Å². The molecule has 1 heterocycles. The predicted molar refractivity (Wildman–Crippen MR) is 68.9 cm³/mol. The van der Waals surface area contributed by atoms with Gasteiger partial charge < -0.3 is 9.30 Å². The van der Waals surface area contributed by atoms with E-state index in [2.05, 4.69) is 4.98 Å². The maximum absolute atomic E-state index is 11.1. The van der Waals surface area contributed by atoms with Crippen LogP contribution in [-0.2, 0) is 9.53 Å². The first-order chi connectivity index (χ1) is 8.56. The molecule has 6 heteroatoms. The largest absolute Gasteiger partial charge is 0.466 e. The van der Waals surface area contributed by atoms with E-state index in [1.807, 2.05) is 4.57 Å².